The van der Waals surface area contributed by atoms with Crippen LogP contribution in [0.2, 0.25) is 0 Å². The van der Waals surface area contributed by atoms with Crippen molar-refractivity contribution in [2.75, 3.05) is 20.7 Å². The van der Waals surface area contributed by atoms with Crippen LogP contribution in [0.4, 0.5) is 0 Å². The minimum atomic E-state index is 0.0314. The number of fused-ring (bicyclic) bond motifs is 1. The van der Waals surface area contributed by atoms with Gasteiger partial charge in [-0.3, -0.25) is 4.79 Å². The van der Waals surface area contributed by atoms with E-state index in [9.17, 15) is 4.79 Å². The molecule has 1 aromatic carbocycles. The molecule has 1 heterocycles. The summed E-state index contributed by atoms with van der Waals surface area (Å²) < 4.78 is 10.5. The fourth-order valence-electron chi connectivity index (χ4n) is 1.62. The number of ketones is 1. The lowest BCUT2D eigenvalue weighted by Crippen LogP contribution is -2.18. The predicted molar refractivity (Wildman–Crippen MR) is 61.0 cm³/mol. The molecular weight excluding hydrogens is 206 g/mol. The second-order valence-electron chi connectivity index (χ2n) is 3.47. The topological polar surface area (TPSA) is 51.5 Å². The van der Waals surface area contributed by atoms with Gasteiger partial charge in [-0.25, -0.2) is 0 Å². The second-order valence-corrected chi connectivity index (χ2v) is 3.47. The van der Waals surface area contributed by atoms with Crippen LogP contribution in [-0.2, 0) is 0 Å². The maximum absolute atomic E-state index is 11.7. The summed E-state index contributed by atoms with van der Waals surface area (Å²) in [6, 6.07) is 5.32. The molecule has 0 aliphatic carbocycles. The summed E-state index contributed by atoms with van der Waals surface area (Å²) in [4.78, 5) is 11.7. The summed E-state index contributed by atoms with van der Waals surface area (Å²) in [5.74, 6) is 0.617. The Morgan fingerprint density at radius 3 is 3.00 bits per heavy atom. The highest BCUT2D eigenvalue weighted by Crippen LogP contribution is 2.28. The molecule has 4 nitrogen and oxygen atoms in total. The van der Waals surface area contributed by atoms with Gasteiger partial charge >= 0.3 is 0 Å². The highest BCUT2D eigenvalue weighted by atomic mass is 16.5. The first-order chi connectivity index (χ1) is 7.76. The van der Waals surface area contributed by atoms with Crippen molar-refractivity contribution >= 4 is 16.8 Å². The van der Waals surface area contributed by atoms with E-state index in [0.717, 1.165) is 5.39 Å². The maximum atomic E-state index is 11.7. The number of methoxy groups -OCH3 is 1. The molecule has 0 saturated heterocycles. The monoisotopic (exact) mass is 219 g/mol. The van der Waals surface area contributed by atoms with Crippen LogP contribution in [0.5, 0.6) is 5.75 Å². The minimum Gasteiger partial charge on any atom is -0.493 e. The molecule has 0 amide bonds. The molecule has 16 heavy (non-hydrogen) atoms. The summed E-state index contributed by atoms with van der Waals surface area (Å²) in [5.41, 5.74) is 1.30. The van der Waals surface area contributed by atoms with Gasteiger partial charge in [0.2, 0.25) is 0 Å². The first-order valence-electron chi connectivity index (χ1n) is 4.99. The average molecular weight is 219 g/mol. The molecular formula is C12H13NO3. The zero-order valence-electron chi connectivity index (χ0n) is 9.24. The van der Waals surface area contributed by atoms with E-state index in [1.165, 1.54) is 0 Å². The Labute approximate surface area is 93.2 Å². The van der Waals surface area contributed by atoms with Crippen molar-refractivity contribution in [2.24, 2.45) is 0 Å². The number of Topliss-reactive ketones (excluding diaryl/α,β-unsaturated/α-hetero) is 1. The van der Waals surface area contributed by atoms with E-state index in [4.69, 9.17) is 9.15 Å². The summed E-state index contributed by atoms with van der Waals surface area (Å²) in [6.07, 6.45) is 1.58. The third-order valence-corrected chi connectivity index (χ3v) is 2.40. The zero-order valence-corrected chi connectivity index (χ0v) is 9.24. The Hall–Kier alpha value is -1.81. The highest BCUT2D eigenvalue weighted by Gasteiger charge is 2.11. The molecule has 0 radical (unpaired) electrons. The summed E-state index contributed by atoms with van der Waals surface area (Å²) >= 11 is 0. The Morgan fingerprint density at radius 2 is 2.31 bits per heavy atom. The first kappa shape index (κ1) is 10.7. The molecule has 1 aromatic heterocycles. The van der Waals surface area contributed by atoms with Crippen LogP contribution in [0, 0.1) is 0 Å². The first-order valence-corrected chi connectivity index (χ1v) is 4.99. The van der Waals surface area contributed by atoms with E-state index in [-0.39, 0.29) is 5.78 Å². The molecule has 0 bridgehead atoms. The third-order valence-electron chi connectivity index (χ3n) is 2.40. The van der Waals surface area contributed by atoms with Crippen LogP contribution >= 0.6 is 0 Å². The van der Waals surface area contributed by atoms with Crippen molar-refractivity contribution in [3.8, 4) is 5.75 Å². The maximum Gasteiger partial charge on any atom is 0.176 e. The number of benzene rings is 1. The molecule has 0 aliphatic heterocycles. The van der Waals surface area contributed by atoms with Crippen LogP contribution in [0.3, 0.4) is 0 Å². The molecule has 0 aliphatic rings. The predicted octanol–water partition coefficient (Wildman–Crippen LogP) is 1.84. The standard InChI is InChI=1S/C12H13NO3/c1-13-7-10(14)9-5-8-3-4-16-12(8)11(6-9)15-2/h3-6,13H,7H2,1-2H3. The number of ether oxygens (including phenoxy) is 1. The largest absolute Gasteiger partial charge is 0.493 e. The van der Waals surface area contributed by atoms with Gasteiger partial charge in [-0.1, -0.05) is 0 Å². The van der Waals surface area contributed by atoms with Crippen molar-refractivity contribution in [1.82, 2.24) is 5.32 Å². The van der Waals surface area contributed by atoms with Crippen molar-refractivity contribution < 1.29 is 13.9 Å². The SMILES string of the molecule is CNCC(=O)c1cc(OC)c2occc2c1. The molecule has 4 heteroatoms. The number of furan rings is 1. The molecule has 2 rings (SSSR count). The number of likely N-dealkylation sites (N-methyl/N-ethyl adjacent to an activating group) is 1. The van der Waals surface area contributed by atoms with Crippen LogP contribution < -0.4 is 10.1 Å². The van der Waals surface area contributed by atoms with Crippen LogP contribution in [0.25, 0.3) is 11.0 Å². The van der Waals surface area contributed by atoms with Gasteiger partial charge in [0, 0.05) is 10.9 Å². The summed E-state index contributed by atoms with van der Waals surface area (Å²) in [6.45, 7) is 0.312. The van der Waals surface area contributed by atoms with Crippen molar-refractivity contribution in [3.05, 3.63) is 30.0 Å². The Kier molecular flexibility index (Phi) is 2.92. The number of hydrogen-bond acceptors (Lipinski definition) is 4. The second kappa shape index (κ2) is 4.37. The minimum absolute atomic E-state index is 0.0314. The van der Waals surface area contributed by atoms with E-state index in [0.29, 0.717) is 23.4 Å². The lowest BCUT2D eigenvalue weighted by atomic mass is 10.1. The molecule has 0 saturated carbocycles. The van der Waals surface area contributed by atoms with Gasteiger partial charge in [0.1, 0.15) is 0 Å². The number of carbonyl (C=O) groups excluding carboxylic acids is 1. The van der Waals surface area contributed by atoms with Crippen LogP contribution in [-0.4, -0.2) is 26.5 Å². The van der Waals surface area contributed by atoms with Gasteiger partial charge < -0.3 is 14.5 Å². The zero-order chi connectivity index (χ0) is 11.5. The summed E-state index contributed by atoms with van der Waals surface area (Å²) in [5, 5.41) is 3.71. The summed E-state index contributed by atoms with van der Waals surface area (Å²) in [7, 11) is 3.30. The third kappa shape index (κ3) is 1.79. The molecule has 84 valence electrons. The number of hydrogen-bond donors (Lipinski definition) is 1. The normalized spacial score (nSPS) is 10.6. The lowest BCUT2D eigenvalue weighted by Gasteiger charge is -2.04. The number of rotatable bonds is 4. The van der Waals surface area contributed by atoms with Crippen molar-refractivity contribution in [2.45, 2.75) is 0 Å². The van der Waals surface area contributed by atoms with Gasteiger partial charge in [-0.2, -0.15) is 0 Å². The van der Waals surface area contributed by atoms with E-state index < -0.39 is 0 Å². The fraction of sp³-hybridized carbons (Fsp3) is 0.250. The smallest absolute Gasteiger partial charge is 0.176 e. The molecule has 0 spiro atoms. The van der Waals surface area contributed by atoms with Gasteiger partial charge in [0.25, 0.3) is 0 Å². The van der Waals surface area contributed by atoms with Crippen LogP contribution in [0.1, 0.15) is 10.4 Å². The molecule has 0 atom stereocenters. The van der Waals surface area contributed by atoms with Gasteiger partial charge in [0.15, 0.2) is 17.1 Å². The Balaban J connectivity index is 2.51. The van der Waals surface area contributed by atoms with Crippen LogP contribution in [0.15, 0.2) is 28.9 Å². The lowest BCUT2D eigenvalue weighted by molar-refractivity contribution is 0.0993. The van der Waals surface area contributed by atoms with E-state index in [1.807, 2.05) is 6.07 Å². The Bertz CT molecular complexity index is 516. The average Bonchev–Trinajstić information content (AvgIpc) is 2.75. The molecule has 1 N–H and O–H groups in total. The van der Waals surface area contributed by atoms with Gasteiger partial charge in [0.05, 0.1) is 19.9 Å². The number of nitrogens with one attached hydrogen (secondary N) is 1. The fourth-order valence-corrected chi connectivity index (χ4v) is 1.62. The molecule has 2 aromatic rings. The van der Waals surface area contributed by atoms with E-state index >= 15 is 0 Å². The van der Waals surface area contributed by atoms with Gasteiger partial charge in [-0.05, 0) is 25.2 Å². The quantitative estimate of drug-likeness (QED) is 0.797. The molecule has 0 unspecified atom stereocenters. The van der Waals surface area contributed by atoms with Crippen molar-refractivity contribution in [3.63, 3.8) is 0 Å². The number of carbonyl (C=O) groups is 1. The van der Waals surface area contributed by atoms with Crippen molar-refractivity contribution in [1.29, 1.82) is 0 Å². The van der Waals surface area contributed by atoms with Gasteiger partial charge in [-0.15, -0.1) is 0 Å². The van der Waals surface area contributed by atoms with E-state index in [1.54, 1.807) is 32.6 Å². The van der Waals surface area contributed by atoms with E-state index in [2.05, 4.69) is 5.32 Å². The Morgan fingerprint density at radius 1 is 1.50 bits per heavy atom. The highest BCUT2D eigenvalue weighted by molar-refractivity contribution is 6.01. The molecule has 0 fully saturated rings.